The average molecular weight is 458 g/mol. The number of anilines is 1. The van der Waals surface area contributed by atoms with Crippen molar-refractivity contribution < 1.29 is 9.13 Å². The van der Waals surface area contributed by atoms with Gasteiger partial charge in [0.15, 0.2) is 0 Å². The fourth-order valence-corrected chi connectivity index (χ4v) is 5.42. The molecule has 2 aliphatic heterocycles. The largest absolute Gasteiger partial charge is 0.373 e. The molecule has 2 aromatic heterocycles. The minimum Gasteiger partial charge on any atom is -0.373 e. The molecule has 0 amide bonds. The van der Waals surface area contributed by atoms with E-state index in [0.29, 0.717) is 6.04 Å². The molecule has 2 aliphatic rings. The van der Waals surface area contributed by atoms with Gasteiger partial charge in [0, 0.05) is 61.6 Å². The van der Waals surface area contributed by atoms with E-state index in [1.54, 1.807) is 12.1 Å². The molecule has 7 heteroatoms. The van der Waals surface area contributed by atoms with E-state index in [2.05, 4.69) is 38.5 Å². The summed E-state index contributed by atoms with van der Waals surface area (Å²) >= 11 is 0. The van der Waals surface area contributed by atoms with Gasteiger partial charge in [0.2, 0.25) is 0 Å². The SMILES string of the molecule is Cc1cc(F)cc(-c2cncc(-c3ccc4c(cnn4C)c3)c2N2CC[C@H]3NCCOC3C2)c1. The molecule has 4 heterocycles. The van der Waals surface area contributed by atoms with Crippen LogP contribution in [0.25, 0.3) is 33.2 Å². The van der Waals surface area contributed by atoms with Gasteiger partial charge in [-0.25, -0.2) is 4.39 Å². The number of pyridine rings is 1. The Morgan fingerprint density at radius 3 is 2.76 bits per heavy atom. The number of benzene rings is 2. The molecule has 174 valence electrons. The zero-order valence-corrected chi connectivity index (χ0v) is 19.5. The quantitative estimate of drug-likeness (QED) is 0.497. The van der Waals surface area contributed by atoms with E-state index in [4.69, 9.17) is 4.74 Å². The number of halogens is 1. The Morgan fingerprint density at radius 1 is 1.06 bits per heavy atom. The molecule has 6 nitrogen and oxygen atoms in total. The first-order valence-corrected chi connectivity index (χ1v) is 11.8. The summed E-state index contributed by atoms with van der Waals surface area (Å²) in [6.45, 7) is 5.23. The highest BCUT2D eigenvalue weighted by molar-refractivity contribution is 5.93. The highest BCUT2D eigenvalue weighted by atomic mass is 19.1. The smallest absolute Gasteiger partial charge is 0.124 e. The summed E-state index contributed by atoms with van der Waals surface area (Å²) in [5.74, 6) is -0.235. The van der Waals surface area contributed by atoms with Crippen molar-refractivity contribution in [2.24, 2.45) is 7.05 Å². The molecule has 0 spiro atoms. The van der Waals surface area contributed by atoms with Crippen LogP contribution in [0.5, 0.6) is 0 Å². The summed E-state index contributed by atoms with van der Waals surface area (Å²) in [7, 11) is 1.95. The average Bonchev–Trinajstić information content (AvgIpc) is 3.22. The molecular formula is C27H28FN5O. The number of nitrogens with zero attached hydrogens (tertiary/aromatic N) is 4. The molecule has 6 rings (SSSR count). The van der Waals surface area contributed by atoms with Crippen molar-refractivity contribution in [3.63, 3.8) is 0 Å². The lowest BCUT2D eigenvalue weighted by molar-refractivity contribution is -0.00899. The number of rotatable bonds is 3. The molecule has 4 aromatic rings. The third-order valence-corrected chi connectivity index (χ3v) is 7.04. The lowest BCUT2D eigenvalue weighted by Crippen LogP contribution is -2.57. The Kier molecular flexibility index (Phi) is 5.31. The van der Waals surface area contributed by atoms with Gasteiger partial charge >= 0.3 is 0 Å². The molecule has 0 bridgehead atoms. The Labute approximate surface area is 198 Å². The molecule has 0 aliphatic carbocycles. The zero-order valence-electron chi connectivity index (χ0n) is 19.5. The van der Waals surface area contributed by atoms with Gasteiger partial charge in [-0.15, -0.1) is 0 Å². The van der Waals surface area contributed by atoms with Gasteiger partial charge in [-0.05, 0) is 54.3 Å². The van der Waals surface area contributed by atoms with Crippen LogP contribution in [-0.2, 0) is 11.8 Å². The minimum atomic E-state index is -0.235. The maximum Gasteiger partial charge on any atom is 0.124 e. The number of hydrogen-bond donors (Lipinski definition) is 1. The number of nitrogens with one attached hydrogen (secondary N) is 1. The molecule has 0 saturated carbocycles. The summed E-state index contributed by atoms with van der Waals surface area (Å²) in [4.78, 5) is 7.00. The number of fused-ring (bicyclic) bond motifs is 2. The molecule has 34 heavy (non-hydrogen) atoms. The summed E-state index contributed by atoms with van der Waals surface area (Å²) < 4.78 is 22.4. The van der Waals surface area contributed by atoms with Crippen LogP contribution in [-0.4, -0.2) is 53.2 Å². The third kappa shape index (κ3) is 3.75. The van der Waals surface area contributed by atoms with Crippen molar-refractivity contribution in [3.8, 4) is 22.3 Å². The minimum absolute atomic E-state index is 0.131. The highest BCUT2D eigenvalue weighted by Gasteiger charge is 2.34. The molecule has 2 aromatic carbocycles. The summed E-state index contributed by atoms with van der Waals surface area (Å²) in [6, 6.07) is 12.0. The number of morpholine rings is 1. The highest BCUT2D eigenvalue weighted by Crippen LogP contribution is 2.41. The topological polar surface area (TPSA) is 55.2 Å². The zero-order chi connectivity index (χ0) is 23.2. The van der Waals surface area contributed by atoms with Crippen molar-refractivity contribution in [1.29, 1.82) is 0 Å². The fraction of sp³-hybridized carbons (Fsp3) is 0.333. The Bertz CT molecular complexity index is 1350. The molecule has 1 unspecified atom stereocenters. The second-order valence-electron chi connectivity index (χ2n) is 9.35. The second-order valence-corrected chi connectivity index (χ2v) is 9.35. The monoisotopic (exact) mass is 457 g/mol. The van der Waals surface area contributed by atoms with Gasteiger partial charge in [-0.1, -0.05) is 12.1 Å². The van der Waals surface area contributed by atoms with E-state index in [9.17, 15) is 4.39 Å². The first-order valence-electron chi connectivity index (χ1n) is 11.8. The van der Waals surface area contributed by atoms with Crippen LogP contribution >= 0.6 is 0 Å². The summed E-state index contributed by atoms with van der Waals surface area (Å²) in [5, 5.41) is 9.08. The second kappa shape index (κ2) is 8.49. The van der Waals surface area contributed by atoms with E-state index in [0.717, 1.165) is 77.1 Å². The summed E-state index contributed by atoms with van der Waals surface area (Å²) in [6.07, 6.45) is 6.80. The molecule has 0 radical (unpaired) electrons. The van der Waals surface area contributed by atoms with Crippen LogP contribution in [0.3, 0.4) is 0 Å². The number of aromatic nitrogens is 3. The van der Waals surface area contributed by atoms with Crippen molar-refractivity contribution in [1.82, 2.24) is 20.1 Å². The normalized spacial score (nSPS) is 20.5. The molecule has 2 atom stereocenters. The lowest BCUT2D eigenvalue weighted by Gasteiger charge is -2.43. The van der Waals surface area contributed by atoms with E-state index in [1.807, 2.05) is 43.3 Å². The number of hydrogen-bond acceptors (Lipinski definition) is 5. The summed E-state index contributed by atoms with van der Waals surface area (Å²) in [5.41, 5.74) is 6.94. The first kappa shape index (κ1) is 21.3. The molecule has 2 fully saturated rings. The van der Waals surface area contributed by atoms with Crippen molar-refractivity contribution >= 4 is 16.6 Å². The van der Waals surface area contributed by atoms with Crippen molar-refractivity contribution in [3.05, 3.63) is 66.4 Å². The molecule has 1 N–H and O–H groups in total. The number of ether oxygens (including phenoxy) is 1. The fourth-order valence-electron chi connectivity index (χ4n) is 5.42. The van der Waals surface area contributed by atoms with Crippen LogP contribution in [0.1, 0.15) is 12.0 Å². The van der Waals surface area contributed by atoms with Crippen LogP contribution in [0, 0.1) is 12.7 Å². The van der Waals surface area contributed by atoms with Gasteiger partial charge in [0.05, 0.1) is 30.1 Å². The predicted octanol–water partition coefficient (Wildman–Crippen LogP) is 4.32. The van der Waals surface area contributed by atoms with Gasteiger partial charge < -0.3 is 15.0 Å². The Hall–Kier alpha value is -3.29. The van der Waals surface area contributed by atoms with E-state index in [-0.39, 0.29) is 11.9 Å². The predicted molar refractivity (Wildman–Crippen MR) is 132 cm³/mol. The Balaban J connectivity index is 1.52. The van der Waals surface area contributed by atoms with Crippen LogP contribution in [0.2, 0.25) is 0 Å². The molecular weight excluding hydrogens is 429 g/mol. The van der Waals surface area contributed by atoms with Gasteiger partial charge in [-0.2, -0.15) is 5.10 Å². The maximum atomic E-state index is 14.4. The van der Waals surface area contributed by atoms with E-state index in [1.165, 1.54) is 0 Å². The third-order valence-electron chi connectivity index (χ3n) is 7.04. The number of piperidine rings is 1. The van der Waals surface area contributed by atoms with Gasteiger partial charge in [-0.3, -0.25) is 9.67 Å². The number of aryl methyl sites for hydroxylation is 2. The van der Waals surface area contributed by atoms with Crippen LogP contribution < -0.4 is 10.2 Å². The van der Waals surface area contributed by atoms with Crippen LogP contribution in [0.15, 0.2) is 55.0 Å². The van der Waals surface area contributed by atoms with Gasteiger partial charge in [0.25, 0.3) is 0 Å². The Morgan fingerprint density at radius 2 is 1.91 bits per heavy atom. The first-order chi connectivity index (χ1) is 16.6. The maximum absolute atomic E-state index is 14.4. The van der Waals surface area contributed by atoms with Crippen LogP contribution in [0.4, 0.5) is 10.1 Å². The van der Waals surface area contributed by atoms with E-state index >= 15 is 0 Å². The van der Waals surface area contributed by atoms with Crippen molar-refractivity contribution in [2.45, 2.75) is 25.5 Å². The van der Waals surface area contributed by atoms with E-state index < -0.39 is 0 Å². The van der Waals surface area contributed by atoms with Crippen molar-refractivity contribution in [2.75, 3.05) is 31.1 Å². The van der Waals surface area contributed by atoms with Gasteiger partial charge in [0.1, 0.15) is 5.82 Å². The molecule has 2 saturated heterocycles. The lowest BCUT2D eigenvalue weighted by atomic mass is 9.93. The standard InChI is InChI=1S/C27H28FN5O/c1-17-9-19(12-21(28)10-17)23-15-29-14-22(18-3-4-25-20(11-18)13-31-32(25)2)27(23)33-7-5-24-26(16-33)34-8-6-30-24/h3-4,9-15,24,26,30H,5-8,16H2,1-2H3/t24-,26?/m1/s1.